The van der Waals surface area contributed by atoms with Gasteiger partial charge in [0.25, 0.3) is 0 Å². The first kappa shape index (κ1) is 40.4. The molecular formula is C30H36I2S12. The second kappa shape index (κ2) is 22.6. The molecular weight excluding hydrogens is 999 g/mol. The Hall–Kier alpha value is 3.66. The number of halogens is 2. The highest BCUT2D eigenvalue weighted by Crippen LogP contribution is 2.66. The van der Waals surface area contributed by atoms with Crippen molar-refractivity contribution in [2.45, 2.75) is 79.1 Å². The Labute approximate surface area is 344 Å². The molecule has 242 valence electrons. The van der Waals surface area contributed by atoms with Gasteiger partial charge in [-0.3, -0.25) is 0 Å². The van der Waals surface area contributed by atoms with E-state index >= 15 is 0 Å². The van der Waals surface area contributed by atoms with Gasteiger partial charge < -0.3 is 0 Å². The van der Waals surface area contributed by atoms with Crippen LogP contribution in [0.5, 0.6) is 0 Å². The van der Waals surface area contributed by atoms with Crippen LogP contribution in [0.15, 0.2) is 49.5 Å². The van der Waals surface area contributed by atoms with Gasteiger partial charge in [-0.2, -0.15) is 0 Å². The van der Waals surface area contributed by atoms with Crippen molar-refractivity contribution in [3.05, 3.63) is 49.5 Å². The highest BCUT2D eigenvalue weighted by atomic mass is 127. The minimum absolute atomic E-state index is 1.21. The Balaban J connectivity index is 1.39. The molecule has 44 heavy (non-hydrogen) atoms. The first-order valence-corrected chi connectivity index (χ1v) is 27.3. The van der Waals surface area contributed by atoms with Crippen molar-refractivity contribution in [3.8, 4) is 11.8 Å². The van der Waals surface area contributed by atoms with E-state index in [2.05, 4.69) is 132 Å². The van der Waals surface area contributed by atoms with Gasteiger partial charge in [0.05, 0.1) is 49.5 Å². The fraction of sp³-hybridized carbons (Fsp3) is 0.533. The van der Waals surface area contributed by atoms with Gasteiger partial charge >= 0.3 is 0 Å². The molecule has 0 spiro atoms. The lowest BCUT2D eigenvalue weighted by Crippen LogP contribution is -1.80. The first-order valence-electron chi connectivity index (χ1n) is 14.7. The molecule has 0 fully saturated rings. The predicted octanol–water partition coefficient (Wildman–Crippen LogP) is 16.8. The van der Waals surface area contributed by atoms with Gasteiger partial charge in [0.2, 0.25) is 0 Å². The van der Waals surface area contributed by atoms with Gasteiger partial charge in [0.15, 0.2) is 0 Å². The second-order valence-electron chi connectivity index (χ2n) is 9.38. The number of unbranched alkanes of at least 4 members (excludes halogenated alkanes) is 4. The zero-order valence-electron chi connectivity index (χ0n) is 25.1. The Bertz CT molecular complexity index is 1150. The average molecular weight is 1040 g/mol. The minimum atomic E-state index is 1.21. The normalized spacial score (nSPS) is 19.1. The van der Waals surface area contributed by atoms with Crippen LogP contribution in [0, 0.1) is 11.8 Å². The van der Waals surface area contributed by atoms with Crippen molar-refractivity contribution in [2.24, 2.45) is 0 Å². The summed E-state index contributed by atoms with van der Waals surface area (Å²) in [4.78, 5) is 2.43. The maximum atomic E-state index is 3.60. The van der Waals surface area contributed by atoms with Gasteiger partial charge in [-0.15, -0.1) is 47.0 Å². The van der Waals surface area contributed by atoms with Gasteiger partial charge in [-0.25, -0.2) is 0 Å². The van der Waals surface area contributed by atoms with Gasteiger partial charge in [0, 0.05) is 0 Å². The summed E-state index contributed by atoms with van der Waals surface area (Å²) < 4.78 is 14.5. The van der Waals surface area contributed by atoms with Crippen molar-refractivity contribution in [1.29, 1.82) is 0 Å². The van der Waals surface area contributed by atoms with E-state index in [0.717, 1.165) is 0 Å². The van der Waals surface area contributed by atoms with E-state index in [9.17, 15) is 0 Å². The average Bonchev–Trinajstić information content (AvgIpc) is 3.79. The molecule has 0 amide bonds. The molecule has 0 saturated carbocycles. The highest BCUT2D eigenvalue weighted by molar-refractivity contribution is 14.1. The molecule has 4 aliphatic heterocycles. The molecule has 0 saturated heterocycles. The summed E-state index contributed by atoms with van der Waals surface area (Å²) in [6.45, 7) is 9.14. The number of rotatable bonds is 16. The molecule has 4 rings (SSSR count). The van der Waals surface area contributed by atoms with Crippen LogP contribution in [0.2, 0.25) is 0 Å². The van der Waals surface area contributed by atoms with E-state index in [1.54, 1.807) is 0 Å². The number of hydrogen-bond acceptors (Lipinski definition) is 12. The molecule has 0 aromatic rings. The first-order chi connectivity index (χ1) is 21.5. The summed E-state index contributed by atoms with van der Waals surface area (Å²) in [5.74, 6) is 12.1. The molecule has 0 aromatic heterocycles. The van der Waals surface area contributed by atoms with Crippen LogP contribution in [0.4, 0.5) is 0 Å². The standard InChI is InChI=1S/C30H36I2S12/c1-5-9-15-33-23-24(34-16-10-6-2)42-29(41-23)27-37-19(21(31)39-27)13-14-20-22(32)40-28(38-20)30-43-25(35-17-11-7-3)26(44-30)36-18-12-8-4/h5-12,15-18H2,1-4H3. The fourth-order valence-corrected chi connectivity index (χ4v) is 23.6. The zero-order valence-corrected chi connectivity index (χ0v) is 39.3. The molecule has 4 heterocycles. The third-order valence-corrected chi connectivity index (χ3v) is 25.9. The Morgan fingerprint density at radius 1 is 0.432 bits per heavy atom. The lowest BCUT2D eigenvalue weighted by Gasteiger charge is -2.03. The zero-order chi connectivity index (χ0) is 31.3. The molecule has 0 atom stereocenters. The second-order valence-corrected chi connectivity index (χ2v) is 27.7. The summed E-state index contributed by atoms with van der Waals surface area (Å²) in [7, 11) is 0. The van der Waals surface area contributed by atoms with Gasteiger partial charge in [-0.1, -0.05) is 159 Å². The van der Waals surface area contributed by atoms with Crippen molar-refractivity contribution >= 4 is 186 Å². The van der Waals surface area contributed by atoms with Crippen LogP contribution in [0.3, 0.4) is 0 Å². The van der Waals surface area contributed by atoms with Gasteiger partial charge in [0.1, 0.15) is 0 Å². The van der Waals surface area contributed by atoms with E-state index in [1.165, 1.54) is 124 Å². The molecule has 0 unspecified atom stereocenters. The monoisotopic (exact) mass is 1030 g/mol. The van der Waals surface area contributed by atoms with E-state index < -0.39 is 0 Å². The summed E-state index contributed by atoms with van der Waals surface area (Å²) in [6.07, 6.45) is 10.2. The molecule has 0 bridgehead atoms. The molecule has 4 aliphatic rings. The lowest BCUT2D eigenvalue weighted by molar-refractivity contribution is 0.897. The van der Waals surface area contributed by atoms with E-state index in [0.29, 0.717) is 0 Å². The summed E-state index contributed by atoms with van der Waals surface area (Å²) >= 11 is 28.9. The van der Waals surface area contributed by atoms with E-state index in [4.69, 9.17) is 0 Å². The Kier molecular flexibility index (Phi) is 20.7. The Morgan fingerprint density at radius 3 is 0.977 bits per heavy atom. The van der Waals surface area contributed by atoms with E-state index in [-0.39, 0.29) is 0 Å². The lowest BCUT2D eigenvalue weighted by atomic mass is 10.4. The van der Waals surface area contributed by atoms with Crippen LogP contribution in [0.1, 0.15) is 79.1 Å². The summed E-state index contributed by atoms with van der Waals surface area (Å²) in [5.41, 5.74) is 0. The maximum absolute atomic E-state index is 3.60. The van der Waals surface area contributed by atoms with Crippen LogP contribution >= 0.6 is 186 Å². The molecule has 0 nitrogen and oxygen atoms in total. The molecule has 0 aromatic carbocycles. The van der Waals surface area contributed by atoms with Crippen LogP contribution in [0.25, 0.3) is 0 Å². The minimum Gasteiger partial charge on any atom is -0.117 e. The van der Waals surface area contributed by atoms with Crippen molar-refractivity contribution in [3.63, 3.8) is 0 Å². The third kappa shape index (κ3) is 12.7. The van der Waals surface area contributed by atoms with Crippen molar-refractivity contribution in [1.82, 2.24) is 0 Å². The van der Waals surface area contributed by atoms with E-state index in [1.807, 2.05) is 94.1 Å². The van der Waals surface area contributed by atoms with Crippen molar-refractivity contribution in [2.75, 3.05) is 23.0 Å². The predicted molar refractivity (Wildman–Crippen MR) is 248 cm³/mol. The summed E-state index contributed by atoms with van der Waals surface area (Å²) in [5, 5.41) is 0. The Morgan fingerprint density at radius 2 is 0.705 bits per heavy atom. The maximum Gasteiger partial charge on any atom is 0.0832 e. The van der Waals surface area contributed by atoms with Crippen LogP contribution in [-0.4, -0.2) is 23.0 Å². The van der Waals surface area contributed by atoms with Gasteiger partial charge in [-0.05, 0) is 93.9 Å². The number of hydrogen-bond donors (Lipinski definition) is 0. The number of thioether (sulfide) groups is 12. The molecule has 14 heteroatoms. The fourth-order valence-electron chi connectivity index (χ4n) is 3.29. The van der Waals surface area contributed by atoms with Crippen LogP contribution < -0.4 is 0 Å². The topological polar surface area (TPSA) is 0 Å². The van der Waals surface area contributed by atoms with Crippen molar-refractivity contribution < 1.29 is 0 Å². The van der Waals surface area contributed by atoms with Crippen LogP contribution in [-0.2, 0) is 0 Å². The summed E-state index contributed by atoms with van der Waals surface area (Å²) in [6, 6.07) is 0. The molecule has 0 aliphatic carbocycles. The third-order valence-electron chi connectivity index (χ3n) is 5.73. The quantitative estimate of drug-likeness (QED) is 0.0821. The molecule has 0 radical (unpaired) electrons. The largest absolute Gasteiger partial charge is 0.117 e. The molecule has 0 N–H and O–H groups in total. The highest BCUT2D eigenvalue weighted by Gasteiger charge is 2.31. The number of allylic oxidation sites excluding steroid dienone is 2. The SMILES string of the molecule is CCCCSC1=C(SCCCC)SC(=C2SC(I)=C(C#CC3=C(I)SC(=C4SC(SCCCC)=C(SCCCC)S4)S3)S2)S1. The smallest absolute Gasteiger partial charge is 0.0832 e.